The number of alkyl halides is 1. The lowest BCUT2D eigenvalue weighted by Gasteiger charge is -2.13. The van der Waals surface area contributed by atoms with E-state index in [0.29, 0.717) is 12.6 Å². The smallest absolute Gasteiger partial charge is 0.117 e. The quantitative estimate of drug-likeness (QED) is 0.589. The Hall–Kier alpha value is -0.410. The SMILES string of the molecule is OC(CF)CNC1CC=CC1. The predicted octanol–water partition coefficient (Wildman–Crippen LogP) is 0.625. The first-order valence-corrected chi connectivity index (χ1v) is 3.95. The highest BCUT2D eigenvalue weighted by Gasteiger charge is 2.10. The standard InChI is InChI=1S/C8H14FNO/c9-5-8(11)6-10-7-3-1-2-4-7/h1-2,7-8,10-11H,3-6H2. The molecule has 1 unspecified atom stereocenters. The van der Waals surface area contributed by atoms with Gasteiger partial charge in [0.05, 0.1) is 6.10 Å². The van der Waals surface area contributed by atoms with Crippen molar-refractivity contribution in [3.05, 3.63) is 12.2 Å². The molecular weight excluding hydrogens is 145 g/mol. The fraction of sp³-hybridized carbons (Fsp3) is 0.750. The average Bonchev–Trinajstić information content (AvgIpc) is 2.52. The molecule has 2 N–H and O–H groups in total. The van der Waals surface area contributed by atoms with E-state index in [4.69, 9.17) is 5.11 Å². The Morgan fingerprint density at radius 3 is 2.73 bits per heavy atom. The zero-order valence-corrected chi connectivity index (χ0v) is 6.46. The van der Waals surface area contributed by atoms with Crippen molar-refractivity contribution in [2.45, 2.75) is 25.0 Å². The summed E-state index contributed by atoms with van der Waals surface area (Å²) in [6.07, 6.45) is 5.35. The van der Waals surface area contributed by atoms with Gasteiger partial charge in [0.25, 0.3) is 0 Å². The topological polar surface area (TPSA) is 32.3 Å². The van der Waals surface area contributed by atoms with Gasteiger partial charge in [0.2, 0.25) is 0 Å². The van der Waals surface area contributed by atoms with Gasteiger partial charge in [-0.25, -0.2) is 4.39 Å². The molecule has 2 nitrogen and oxygen atoms in total. The summed E-state index contributed by atoms with van der Waals surface area (Å²) in [4.78, 5) is 0. The van der Waals surface area contributed by atoms with Crippen LogP contribution in [-0.2, 0) is 0 Å². The molecule has 1 aliphatic carbocycles. The molecule has 0 bridgehead atoms. The molecule has 0 aliphatic heterocycles. The molecule has 0 heterocycles. The van der Waals surface area contributed by atoms with Crippen LogP contribution in [0.25, 0.3) is 0 Å². The van der Waals surface area contributed by atoms with Gasteiger partial charge in [-0.3, -0.25) is 0 Å². The summed E-state index contributed by atoms with van der Waals surface area (Å²) >= 11 is 0. The molecular formula is C8H14FNO. The van der Waals surface area contributed by atoms with Gasteiger partial charge >= 0.3 is 0 Å². The van der Waals surface area contributed by atoms with Crippen LogP contribution in [0, 0.1) is 0 Å². The average molecular weight is 159 g/mol. The number of hydrogen-bond donors (Lipinski definition) is 2. The van der Waals surface area contributed by atoms with E-state index >= 15 is 0 Å². The Morgan fingerprint density at radius 2 is 2.18 bits per heavy atom. The number of aliphatic hydroxyl groups is 1. The van der Waals surface area contributed by atoms with Crippen LogP contribution < -0.4 is 5.32 Å². The largest absolute Gasteiger partial charge is 0.389 e. The lowest BCUT2D eigenvalue weighted by Crippen LogP contribution is -2.34. The highest BCUT2D eigenvalue weighted by Crippen LogP contribution is 2.08. The predicted molar refractivity (Wildman–Crippen MR) is 42.1 cm³/mol. The van der Waals surface area contributed by atoms with Gasteiger partial charge in [-0.2, -0.15) is 0 Å². The molecule has 0 saturated heterocycles. The summed E-state index contributed by atoms with van der Waals surface area (Å²) in [7, 11) is 0. The Balaban J connectivity index is 2.03. The fourth-order valence-corrected chi connectivity index (χ4v) is 1.14. The van der Waals surface area contributed by atoms with Crippen molar-refractivity contribution in [1.29, 1.82) is 0 Å². The summed E-state index contributed by atoms with van der Waals surface area (Å²) < 4.78 is 11.8. The molecule has 3 heteroatoms. The highest BCUT2D eigenvalue weighted by atomic mass is 19.1. The van der Waals surface area contributed by atoms with Crippen LogP contribution in [0.3, 0.4) is 0 Å². The minimum Gasteiger partial charge on any atom is -0.389 e. The van der Waals surface area contributed by atoms with E-state index in [0.717, 1.165) is 12.8 Å². The molecule has 0 aromatic rings. The van der Waals surface area contributed by atoms with E-state index < -0.39 is 12.8 Å². The lowest BCUT2D eigenvalue weighted by molar-refractivity contribution is 0.134. The summed E-state index contributed by atoms with van der Waals surface area (Å²) in [5.41, 5.74) is 0. The van der Waals surface area contributed by atoms with E-state index in [1.807, 2.05) is 0 Å². The summed E-state index contributed by atoms with van der Waals surface area (Å²) in [6, 6.07) is 0.413. The number of rotatable bonds is 4. The molecule has 1 atom stereocenters. The monoisotopic (exact) mass is 159 g/mol. The normalized spacial score (nSPS) is 20.9. The van der Waals surface area contributed by atoms with Gasteiger partial charge in [-0.1, -0.05) is 12.2 Å². The molecule has 1 rings (SSSR count). The maximum Gasteiger partial charge on any atom is 0.117 e. The van der Waals surface area contributed by atoms with Gasteiger partial charge < -0.3 is 10.4 Å². The minimum absolute atomic E-state index is 0.364. The molecule has 0 spiro atoms. The van der Waals surface area contributed by atoms with E-state index in [9.17, 15) is 4.39 Å². The van der Waals surface area contributed by atoms with Crippen molar-refractivity contribution in [2.75, 3.05) is 13.2 Å². The van der Waals surface area contributed by atoms with Crippen molar-refractivity contribution in [3.63, 3.8) is 0 Å². The first kappa shape index (κ1) is 8.68. The Labute approximate surface area is 66.1 Å². The molecule has 0 radical (unpaired) electrons. The van der Waals surface area contributed by atoms with E-state index in [1.54, 1.807) is 0 Å². The third-order valence-electron chi connectivity index (χ3n) is 1.83. The van der Waals surface area contributed by atoms with Crippen molar-refractivity contribution in [3.8, 4) is 0 Å². The van der Waals surface area contributed by atoms with Crippen LogP contribution in [0.15, 0.2) is 12.2 Å². The second-order valence-electron chi connectivity index (χ2n) is 2.86. The number of aliphatic hydroxyl groups excluding tert-OH is 1. The van der Waals surface area contributed by atoms with Gasteiger partial charge in [0.1, 0.15) is 6.67 Å². The van der Waals surface area contributed by atoms with Gasteiger partial charge in [-0.15, -0.1) is 0 Å². The molecule has 0 fully saturated rings. The minimum atomic E-state index is -0.837. The zero-order chi connectivity index (χ0) is 8.10. The second kappa shape index (κ2) is 4.46. The number of nitrogens with one attached hydrogen (secondary N) is 1. The Morgan fingerprint density at radius 1 is 1.55 bits per heavy atom. The number of hydrogen-bond acceptors (Lipinski definition) is 2. The van der Waals surface area contributed by atoms with Crippen LogP contribution in [-0.4, -0.2) is 30.5 Å². The van der Waals surface area contributed by atoms with Crippen LogP contribution >= 0.6 is 0 Å². The second-order valence-corrected chi connectivity index (χ2v) is 2.86. The number of halogens is 1. The Bertz CT molecular complexity index is 130. The Kier molecular flexibility index (Phi) is 3.52. The zero-order valence-electron chi connectivity index (χ0n) is 6.46. The van der Waals surface area contributed by atoms with Gasteiger partial charge in [0, 0.05) is 12.6 Å². The summed E-state index contributed by atoms with van der Waals surface area (Å²) in [5, 5.41) is 11.9. The van der Waals surface area contributed by atoms with Crippen molar-refractivity contribution in [1.82, 2.24) is 5.32 Å². The molecule has 1 aliphatic rings. The van der Waals surface area contributed by atoms with Gasteiger partial charge in [0.15, 0.2) is 0 Å². The lowest BCUT2D eigenvalue weighted by atomic mass is 10.2. The van der Waals surface area contributed by atoms with Crippen LogP contribution in [0.5, 0.6) is 0 Å². The molecule has 0 amide bonds. The van der Waals surface area contributed by atoms with E-state index in [-0.39, 0.29) is 0 Å². The third kappa shape index (κ3) is 2.99. The van der Waals surface area contributed by atoms with E-state index in [2.05, 4.69) is 17.5 Å². The first-order valence-electron chi connectivity index (χ1n) is 3.95. The molecule has 0 aromatic heterocycles. The van der Waals surface area contributed by atoms with Crippen molar-refractivity contribution in [2.24, 2.45) is 0 Å². The maximum absolute atomic E-state index is 11.8. The van der Waals surface area contributed by atoms with Gasteiger partial charge in [-0.05, 0) is 12.8 Å². The molecule has 0 aromatic carbocycles. The third-order valence-corrected chi connectivity index (χ3v) is 1.83. The highest BCUT2D eigenvalue weighted by molar-refractivity contribution is 4.97. The summed E-state index contributed by atoms with van der Waals surface area (Å²) in [6.45, 7) is -0.296. The van der Waals surface area contributed by atoms with E-state index in [1.165, 1.54) is 0 Å². The van der Waals surface area contributed by atoms with Crippen LogP contribution in [0.2, 0.25) is 0 Å². The molecule has 0 saturated carbocycles. The maximum atomic E-state index is 11.8. The fourth-order valence-electron chi connectivity index (χ4n) is 1.14. The first-order chi connectivity index (χ1) is 5.33. The summed E-state index contributed by atoms with van der Waals surface area (Å²) in [5.74, 6) is 0. The van der Waals surface area contributed by atoms with Crippen LogP contribution in [0.4, 0.5) is 4.39 Å². The van der Waals surface area contributed by atoms with Crippen molar-refractivity contribution < 1.29 is 9.50 Å². The van der Waals surface area contributed by atoms with Crippen LogP contribution in [0.1, 0.15) is 12.8 Å². The molecule has 64 valence electrons. The van der Waals surface area contributed by atoms with Crippen molar-refractivity contribution >= 4 is 0 Å². The molecule has 11 heavy (non-hydrogen) atoms.